The number of hydrogen-bond acceptors (Lipinski definition) is 2. The van der Waals surface area contributed by atoms with E-state index in [0.29, 0.717) is 5.56 Å². The van der Waals surface area contributed by atoms with Crippen molar-refractivity contribution >= 4 is 15.7 Å². The molecule has 6 heteroatoms. The van der Waals surface area contributed by atoms with E-state index in [4.69, 9.17) is 0 Å². The van der Waals surface area contributed by atoms with Gasteiger partial charge in [-0.15, -0.1) is 0 Å². The molecule has 0 fully saturated rings. The van der Waals surface area contributed by atoms with Crippen molar-refractivity contribution in [2.24, 2.45) is 0 Å². The minimum atomic E-state index is -3.81. The topological polar surface area (TPSA) is 46.2 Å². The Hall–Kier alpha value is -2.21. The number of rotatable bonds is 5. The Bertz CT molecular complexity index is 803. The van der Waals surface area contributed by atoms with Gasteiger partial charge in [-0.2, -0.15) is 0 Å². The highest BCUT2D eigenvalue weighted by Gasteiger charge is 2.19. The molecule has 22 heavy (non-hydrogen) atoms. The van der Waals surface area contributed by atoms with Gasteiger partial charge in [-0.25, -0.2) is 17.2 Å². The number of nitrogens with one attached hydrogen (secondary N) is 1. The normalized spacial score (nSPS) is 11.2. The van der Waals surface area contributed by atoms with Crippen LogP contribution in [-0.4, -0.2) is 8.42 Å². The van der Waals surface area contributed by atoms with Crippen molar-refractivity contribution in [2.45, 2.75) is 13.3 Å². The molecule has 1 N–H and O–H groups in total. The zero-order chi connectivity index (χ0) is 16.3. The van der Waals surface area contributed by atoms with Crippen molar-refractivity contribution in [3.8, 4) is 0 Å². The highest BCUT2D eigenvalue weighted by Crippen LogP contribution is 2.29. The van der Waals surface area contributed by atoms with Gasteiger partial charge in [0.2, 0.25) is 0 Å². The lowest BCUT2D eigenvalue weighted by atomic mass is 10.00. The Balaban J connectivity index is 2.57. The molecule has 0 aliphatic carbocycles. The van der Waals surface area contributed by atoms with Gasteiger partial charge in [-0.3, -0.25) is 4.72 Å². The highest BCUT2D eigenvalue weighted by atomic mass is 32.2. The van der Waals surface area contributed by atoms with E-state index in [9.17, 15) is 17.2 Å². The number of sulfonamides is 1. The number of hydrogen-bond donors (Lipinski definition) is 1. The van der Waals surface area contributed by atoms with Gasteiger partial charge in [-0.05, 0) is 24.1 Å². The molecule has 3 nitrogen and oxygen atoms in total. The maximum atomic E-state index is 14.2. The van der Waals surface area contributed by atoms with Gasteiger partial charge in [0, 0.05) is 17.4 Å². The first kappa shape index (κ1) is 16.2. The molecule has 0 aliphatic rings. The summed E-state index contributed by atoms with van der Waals surface area (Å²) in [7, 11) is -3.81. The summed E-state index contributed by atoms with van der Waals surface area (Å²) < 4.78 is 53.4. The third-order valence-electron chi connectivity index (χ3n) is 3.20. The number of halogens is 2. The van der Waals surface area contributed by atoms with Crippen molar-refractivity contribution in [1.29, 1.82) is 0 Å². The van der Waals surface area contributed by atoms with Crippen LogP contribution in [-0.2, 0) is 16.4 Å². The summed E-state index contributed by atoms with van der Waals surface area (Å²) in [6, 6.07) is 9.82. The van der Waals surface area contributed by atoms with Crippen LogP contribution >= 0.6 is 0 Å². The molecule has 0 radical (unpaired) electrons. The zero-order valence-electron chi connectivity index (χ0n) is 11.9. The van der Waals surface area contributed by atoms with Crippen molar-refractivity contribution < 1.29 is 17.2 Å². The Morgan fingerprint density at radius 1 is 1.23 bits per heavy atom. The van der Waals surface area contributed by atoms with Gasteiger partial charge in [0.25, 0.3) is 10.0 Å². The molecular formula is C16H15F2NO2S. The minimum Gasteiger partial charge on any atom is -0.279 e. The fourth-order valence-corrected chi connectivity index (χ4v) is 2.76. The summed E-state index contributed by atoms with van der Waals surface area (Å²) in [5, 5.41) is 0.722. The van der Waals surface area contributed by atoms with Crippen LogP contribution in [0.3, 0.4) is 0 Å². The molecular weight excluding hydrogens is 308 g/mol. The minimum absolute atomic E-state index is 0.0332. The number of benzene rings is 2. The first-order valence-electron chi connectivity index (χ1n) is 6.50. The standard InChI is InChI=1S/C16H15F2NO2S/c1-3-22(20,21)19-16-11(2)9-14(17)15(18)13(16)10-12-7-5-4-6-8-12/h3-9,19H,1,10H2,2H3. The van der Waals surface area contributed by atoms with E-state index in [0.717, 1.165) is 17.0 Å². The Morgan fingerprint density at radius 2 is 1.86 bits per heavy atom. The molecule has 2 aromatic rings. The summed E-state index contributed by atoms with van der Waals surface area (Å²) in [5.74, 6) is -2.07. The van der Waals surface area contributed by atoms with Crippen LogP contribution in [0, 0.1) is 18.6 Å². The highest BCUT2D eigenvalue weighted by molar-refractivity contribution is 7.95. The molecule has 0 saturated carbocycles. The lowest BCUT2D eigenvalue weighted by Gasteiger charge is -2.15. The molecule has 0 spiro atoms. The number of anilines is 1. The van der Waals surface area contributed by atoms with E-state index >= 15 is 0 Å². The van der Waals surface area contributed by atoms with Gasteiger partial charge in [0.1, 0.15) is 0 Å². The van der Waals surface area contributed by atoms with E-state index in [-0.39, 0.29) is 17.7 Å². The third-order valence-corrected chi connectivity index (χ3v) is 4.13. The Labute approximate surface area is 128 Å². The first-order valence-corrected chi connectivity index (χ1v) is 8.05. The van der Waals surface area contributed by atoms with Gasteiger partial charge in [-0.1, -0.05) is 36.9 Å². The second-order valence-corrected chi connectivity index (χ2v) is 6.45. The van der Waals surface area contributed by atoms with E-state index in [2.05, 4.69) is 11.3 Å². The second kappa shape index (κ2) is 6.27. The molecule has 0 unspecified atom stereocenters. The maximum absolute atomic E-state index is 14.2. The van der Waals surface area contributed by atoms with Crippen LogP contribution in [0.15, 0.2) is 48.4 Å². The maximum Gasteiger partial charge on any atom is 0.254 e. The molecule has 0 heterocycles. The van der Waals surface area contributed by atoms with Gasteiger partial charge >= 0.3 is 0 Å². The molecule has 0 saturated heterocycles. The van der Waals surface area contributed by atoms with Crippen LogP contribution in [0.4, 0.5) is 14.5 Å². The molecule has 2 aromatic carbocycles. The van der Waals surface area contributed by atoms with Crippen molar-refractivity contribution in [2.75, 3.05) is 4.72 Å². The number of aryl methyl sites for hydroxylation is 1. The monoisotopic (exact) mass is 323 g/mol. The average Bonchev–Trinajstić information content (AvgIpc) is 2.49. The van der Waals surface area contributed by atoms with Crippen LogP contribution in [0.25, 0.3) is 0 Å². The van der Waals surface area contributed by atoms with Crippen LogP contribution in [0.2, 0.25) is 0 Å². The van der Waals surface area contributed by atoms with Gasteiger partial charge < -0.3 is 0 Å². The molecule has 0 aromatic heterocycles. The van der Waals surface area contributed by atoms with E-state index in [1.807, 2.05) is 0 Å². The largest absolute Gasteiger partial charge is 0.279 e. The van der Waals surface area contributed by atoms with Crippen LogP contribution in [0.5, 0.6) is 0 Å². The Morgan fingerprint density at radius 3 is 2.45 bits per heavy atom. The average molecular weight is 323 g/mol. The zero-order valence-corrected chi connectivity index (χ0v) is 12.8. The SMILES string of the molecule is C=CS(=O)(=O)Nc1c(C)cc(F)c(F)c1Cc1ccccc1. The summed E-state index contributed by atoms with van der Waals surface area (Å²) in [6.45, 7) is 4.71. The second-order valence-electron chi connectivity index (χ2n) is 4.82. The van der Waals surface area contributed by atoms with E-state index in [1.165, 1.54) is 6.92 Å². The molecule has 0 aliphatic heterocycles. The molecule has 0 bridgehead atoms. The van der Waals surface area contributed by atoms with Gasteiger partial charge in [0.15, 0.2) is 11.6 Å². The summed E-state index contributed by atoms with van der Waals surface area (Å²) >= 11 is 0. The smallest absolute Gasteiger partial charge is 0.254 e. The molecule has 0 atom stereocenters. The summed E-state index contributed by atoms with van der Waals surface area (Å²) in [4.78, 5) is 0. The fourth-order valence-electron chi connectivity index (χ4n) is 2.11. The van der Waals surface area contributed by atoms with Crippen molar-refractivity contribution in [3.05, 3.63) is 76.7 Å². The van der Waals surface area contributed by atoms with Crippen molar-refractivity contribution in [3.63, 3.8) is 0 Å². The van der Waals surface area contributed by atoms with E-state index in [1.54, 1.807) is 30.3 Å². The first-order chi connectivity index (χ1) is 10.3. The van der Waals surface area contributed by atoms with Crippen LogP contribution < -0.4 is 4.72 Å². The Kier molecular flexibility index (Phi) is 4.61. The molecule has 116 valence electrons. The van der Waals surface area contributed by atoms with E-state index < -0.39 is 21.7 Å². The molecule has 0 amide bonds. The quantitative estimate of drug-likeness (QED) is 0.911. The third kappa shape index (κ3) is 3.51. The van der Waals surface area contributed by atoms with Gasteiger partial charge in [0.05, 0.1) is 5.69 Å². The lowest BCUT2D eigenvalue weighted by Crippen LogP contribution is -2.14. The fraction of sp³-hybridized carbons (Fsp3) is 0.125. The molecule has 2 rings (SSSR count). The predicted octanol–water partition coefficient (Wildman–Crippen LogP) is 3.75. The lowest BCUT2D eigenvalue weighted by molar-refractivity contribution is 0.500. The summed E-state index contributed by atoms with van der Waals surface area (Å²) in [5.41, 5.74) is 1.05. The van der Waals surface area contributed by atoms with Crippen molar-refractivity contribution in [1.82, 2.24) is 0 Å². The van der Waals surface area contributed by atoms with Crippen LogP contribution in [0.1, 0.15) is 16.7 Å². The summed E-state index contributed by atoms with van der Waals surface area (Å²) in [6.07, 6.45) is 0.0697. The predicted molar refractivity (Wildman–Crippen MR) is 83.1 cm³/mol.